The molecule has 3 aromatic rings. The van der Waals surface area contributed by atoms with Crippen LogP contribution in [0.25, 0.3) is 5.65 Å². The lowest BCUT2D eigenvalue weighted by Gasteiger charge is -2.03. The Morgan fingerprint density at radius 1 is 1.24 bits per heavy atom. The second-order valence-electron chi connectivity index (χ2n) is 4.50. The number of hydrogen-bond acceptors (Lipinski definition) is 5. The number of carbonyl (C=O) groups is 1. The van der Waals surface area contributed by atoms with E-state index in [9.17, 15) is 4.79 Å². The molecule has 0 spiro atoms. The van der Waals surface area contributed by atoms with Crippen LogP contribution in [0.3, 0.4) is 0 Å². The van der Waals surface area contributed by atoms with E-state index in [1.54, 1.807) is 0 Å². The third-order valence-electron chi connectivity index (χ3n) is 3.04. The van der Waals surface area contributed by atoms with Crippen LogP contribution in [0.4, 0.5) is 0 Å². The van der Waals surface area contributed by atoms with Crippen molar-refractivity contribution in [2.75, 3.05) is 6.54 Å². The van der Waals surface area contributed by atoms with Gasteiger partial charge < -0.3 is 5.32 Å². The van der Waals surface area contributed by atoms with E-state index in [0.717, 1.165) is 24.3 Å². The van der Waals surface area contributed by atoms with Crippen molar-refractivity contribution in [2.45, 2.75) is 12.8 Å². The summed E-state index contributed by atoms with van der Waals surface area (Å²) in [6, 6.07) is 5.77. The predicted molar refractivity (Wildman–Crippen MR) is 75.7 cm³/mol. The number of aromatic nitrogens is 5. The lowest BCUT2D eigenvalue weighted by molar-refractivity contribution is 0.0947. The van der Waals surface area contributed by atoms with Crippen LogP contribution < -0.4 is 5.32 Å². The first kappa shape index (κ1) is 13.2. The molecule has 3 aromatic heterocycles. The molecule has 1 amide bonds. The third kappa shape index (κ3) is 3.02. The lowest BCUT2D eigenvalue weighted by Crippen LogP contribution is -2.25. The molecule has 0 aliphatic carbocycles. The van der Waals surface area contributed by atoms with Crippen molar-refractivity contribution in [1.29, 1.82) is 0 Å². The fourth-order valence-electron chi connectivity index (χ4n) is 2.02. The number of nitrogens with one attached hydrogen (secondary N) is 1. The molecular formula is C14H14N6O. The summed E-state index contributed by atoms with van der Waals surface area (Å²) < 4.78 is 1.95. The minimum absolute atomic E-state index is 0.214. The molecule has 7 nitrogen and oxygen atoms in total. The quantitative estimate of drug-likeness (QED) is 0.702. The smallest absolute Gasteiger partial charge is 0.271 e. The van der Waals surface area contributed by atoms with Crippen LogP contribution in [0.1, 0.15) is 22.7 Å². The molecule has 21 heavy (non-hydrogen) atoms. The zero-order valence-corrected chi connectivity index (χ0v) is 11.3. The molecule has 1 N–H and O–H groups in total. The zero-order chi connectivity index (χ0) is 14.5. The van der Waals surface area contributed by atoms with E-state index in [4.69, 9.17) is 0 Å². The van der Waals surface area contributed by atoms with Gasteiger partial charge in [-0.15, -0.1) is 10.2 Å². The van der Waals surface area contributed by atoms with Crippen molar-refractivity contribution < 1.29 is 4.79 Å². The molecule has 0 aromatic carbocycles. The molecule has 0 saturated carbocycles. The van der Waals surface area contributed by atoms with Gasteiger partial charge in [0.05, 0.1) is 6.20 Å². The summed E-state index contributed by atoms with van der Waals surface area (Å²) in [5.41, 5.74) is 1.15. The van der Waals surface area contributed by atoms with Crippen LogP contribution in [-0.2, 0) is 6.42 Å². The van der Waals surface area contributed by atoms with Gasteiger partial charge in [-0.05, 0) is 18.6 Å². The summed E-state index contributed by atoms with van der Waals surface area (Å²) in [7, 11) is 0. The fourth-order valence-corrected chi connectivity index (χ4v) is 2.02. The summed E-state index contributed by atoms with van der Waals surface area (Å²) in [6.07, 6.45) is 7.93. The molecule has 3 heterocycles. The SMILES string of the molecule is O=C(NCCCc1nnc2ccccn12)c1cnccn1. The Morgan fingerprint density at radius 2 is 2.19 bits per heavy atom. The Balaban J connectivity index is 1.52. The number of fused-ring (bicyclic) bond motifs is 1. The van der Waals surface area contributed by atoms with Crippen LogP contribution in [0, 0.1) is 0 Å². The van der Waals surface area contributed by atoms with Gasteiger partial charge >= 0.3 is 0 Å². The molecule has 7 heteroatoms. The monoisotopic (exact) mass is 282 g/mol. The molecule has 0 radical (unpaired) electrons. The first-order valence-electron chi connectivity index (χ1n) is 6.67. The molecule has 0 atom stereocenters. The van der Waals surface area contributed by atoms with Crippen molar-refractivity contribution in [3.05, 3.63) is 54.5 Å². The molecule has 0 bridgehead atoms. The maximum absolute atomic E-state index is 11.8. The van der Waals surface area contributed by atoms with Gasteiger partial charge in [-0.25, -0.2) is 4.98 Å². The number of amides is 1. The van der Waals surface area contributed by atoms with Crippen LogP contribution in [0.2, 0.25) is 0 Å². The second-order valence-corrected chi connectivity index (χ2v) is 4.50. The third-order valence-corrected chi connectivity index (χ3v) is 3.04. The topological polar surface area (TPSA) is 85.1 Å². The normalized spacial score (nSPS) is 10.7. The molecule has 0 unspecified atom stereocenters. The Morgan fingerprint density at radius 3 is 3.05 bits per heavy atom. The van der Waals surface area contributed by atoms with Crippen molar-refractivity contribution >= 4 is 11.6 Å². The van der Waals surface area contributed by atoms with E-state index in [2.05, 4.69) is 25.5 Å². The Labute approximate surface area is 121 Å². The van der Waals surface area contributed by atoms with Gasteiger partial charge in [0, 0.05) is 31.6 Å². The molecule has 3 rings (SSSR count). The van der Waals surface area contributed by atoms with Crippen molar-refractivity contribution in [2.24, 2.45) is 0 Å². The Kier molecular flexibility index (Phi) is 3.81. The number of rotatable bonds is 5. The summed E-state index contributed by atoms with van der Waals surface area (Å²) in [4.78, 5) is 19.6. The average molecular weight is 282 g/mol. The zero-order valence-electron chi connectivity index (χ0n) is 11.3. The summed E-state index contributed by atoms with van der Waals surface area (Å²) in [5, 5.41) is 11.0. The number of pyridine rings is 1. The van der Waals surface area contributed by atoms with Crippen molar-refractivity contribution in [1.82, 2.24) is 29.9 Å². The Bertz CT molecular complexity index is 739. The molecule has 0 fully saturated rings. The Hall–Kier alpha value is -2.83. The van der Waals surface area contributed by atoms with E-state index in [0.29, 0.717) is 12.2 Å². The van der Waals surface area contributed by atoms with Gasteiger partial charge in [0.2, 0.25) is 0 Å². The van der Waals surface area contributed by atoms with Gasteiger partial charge in [-0.2, -0.15) is 0 Å². The standard InChI is InChI=1S/C14H14N6O/c21-14(11-10-15-7-8-16-11)17-6-3-5-13-19-18-12-4-1-2-9-20(12)13/h1-2,4,7-10H,3,5-6H2,(H,17,21). The van der Waals surface area contributed by atoms with Crippen LogP contribution in [-0.4, -0.2) is 37.0 Å². The maximum Gasteiger partial charge on any atom is 0.271 e. The summed E-state index contributed by atoms with van der Waals surface area (Å²) >= 11 is 0. The highest BCUT2D eigenvalue weighted by molar-refractivity contribution is 5.91. The fraction of sp³-hybridized carbons (Fsp3) is 0.214. The molecule has 0 aliphatic rings. The van der Waals surface area contributed by atoms with E-state index >= 15 is 0 Å². The number of aryl methyl sites for hydroxylation is 1. The van der Waals surface area contributed by atoms with Gasteiger partial charge in [0.15, 0.2) is 5.65 Å². The van der Waals surface area contributed by atoms with Gasteiger partial charge in [0.25, 0.3) is 5.91 Å². The highest BCUT2D eigenvalue weighted by Gasteiger charge is 2.07. The molecule has 106 valence electrons. The van der Waals surface area contributed by atoms with Crippen molar-refractivity contribution in [3.8, 4) is 0 Å². The van der Waals surface area contributed by atoms with Crippen LogP contribution >= 0.6 is 0 Å². The lowest BCUT2D eigenvalue weighted by atomic mass is 10.3. The molecule has 0 aliphatic heterocycles. The summed E-state index contributed by atoms with van der Waals surface area (Å²) in [5.74, 6) is 0.675. The van der Waals surface area contributed by atoms with Gasteiger partial charge in [-0.3, -0.25) is 14.2 Å². The maximum atomic E-state index is 11.8. The number of nitrogens with zero attached hydrogens (tertiary/aromatic N) is 5. The van der Waals surface area contributed by atoms with Gasteiger partial charge in [0.1, 0.15) is 11.5 Å². The van der Waals surface area contributed by atoms with E-state index in [1.165, 1.54) is 18.6 Å². The number of carbonyl (C=O) groups excluding carboxylic acids is 1. The van der Waals surface area contributed by atoms with E-state index in [-0.39, 0.29) is 5.91 Å². The largest absolute Gasteiger partial charge is 0.351 e. The molecule has 0 saturated heterocycles. The van der Waals surface area contributed by atoms with E-state index < -0.39 is 0 Å². The van der Waals surface area contributed by atoms with Crippen LogP contribution in [0.15, 0.2) is 43.0 Å². The highest BCUT2D eigenvalue weighted by Crippen LogP contribution is 2.04. The average Bonchev–Trinajstić information content (AvgIpc) is 2.95. The van der Waals surface area contributed by atoms with Crippen LogP contribution in [0.5, 0.6) is 0 Å². The van der Waals surface area contributed by atoms with Crippen molar-refractivity contribution in [3.63, 3.8) is 0 Å². The minimum Gasteiger partial charge on any atom is -0.351 e. The summed E-state index contributed by atoms with van der Waals surface area (Å²) in [6.45, 7) is 0.553. The second kappa shape index (κ2) is 6.08. The van der Waals surface area contributed by atoms with Gasteiger partial charge in [-0.1, -0.05) is 6.07 Å². The molecular weight excluding hydrogens is 268 g/mol. The number of hydrogen-bond donors (Lipinski definition) is 1. The first-order valence-corrected chi connectivity index (χ1v) is 6.67. The van der Waals surface area contributed by atoms with E-state index in [1.807, 2.05) is 28.8 Å². The predicted octanol–water partition coefficient (Wildman–Crippen LogP) is 0.882. The highest BCUT2D eigenvalue weighted by atomic mass is 16.1. The minimum atomic E-state index is -0.214. The first-order chi connectivity index (χ1) is 10.3.